The average Bonchev–Trinajstić information content (AvgIpc) is 2.68. The molecule has 2 aromatic rings. The fourth-order valence-electron chi connectivity index (χ4n) is 2.93. The molecule has 1 amide bonds. The number of phenols is 1. The first-order valence-electron chi connectivity index (χ1n) is 8.31. The number of nitrogens with zero attached hydrogens (tertiary/aromatic N) is 1. The maximum Gasteiger partial charge on any atom is 0.225 e. The zero-order valence-corrected chi connectivity index (χ0v) is 18.0. The maximum atomic E-state index is 12.3. The van der Waals surface area contributed by atoms with E-state index in [0.717, 1.165) is 5.56 Å². The lowest BCUT2D eigenvalue weighted by atomic mass is 9.87. The van der Waals surface area contributed by atoms with E-state index in [9.17, 15) is 15.2 Å². The van der Waals surface area contributed by atoms with Crippen LogP contribution >= 0.6 is 39.3 Å². The third kappa shape index (κ3) is 4.30. The molecule has 0 bridgehead atoms. The minimum atomic E-state index is -0.432. The van der Waals surface area contributed by atoms with Gasteiger partial charge in [0.15, 0.2) is 11.5 Å². The molecule has 28 heavy (non-hydrogen) atoms. The van der Waals surface area contributed by atoms with E-state index in [2.05, 4.69) is 27.3 Å². The number of amides is 1. The lowest BCUT2D eigenvalue weighted by molar-refractivity contribution is -0.120. The minimum Gasteiger partial charge on any atom is -0.503 e. The first-order chi connectivity index (χ1) is 13.4. The standard InChI is InChI=1S/C20H16BrClN2O3S/c1-27-17-7-12(6-15(21)19(17)26)13-8-18(25)24-20(14(13)9-23)28-10-11-4-2-3-5-16(11)22/h2-7,13,26H,8,10H2,1H3,(H,24,25)/t13-/m0/s1. The number of hydrogen-bond acceptors (Lipinski definition) is 5. The molecule has 0 unspecified atom stereocenters. The van der Waals surface area contributed by atoms with Crippen LogP contribution in [0.5, 0.6) is 11.5 Å². The molecule has 5 nitrogen and oxygen atoms in total. The SMILES string of the molecule is COc1cc([C@@H]2CC(=O)NC(SCc3ccccc3Cl)=C2C#N)cc(Br)c1O. The Hall–Kier alpha value is -2.14. The van der Waals surface area contributed by atoms with E-state index >= 15 is 0 Å². The van der Waals surface area contributed by atoms with E-state index in [0.29, 0.717) is 31.4 Å². The van der Waals surface area contributed by atoms with Gasteiger partial charge in [-0.15, -0.1) is 11.8 Å². The molecule has 0 saturated heterocycles. The third-order valence-corrected chi connectivity index (χ3v) is 6.40. The Morgan fingerprint density at radius 2 is 2.18 bits per heavy atom. The average molecular weight is 480 g/mol. The van der Waals surface area contributed by atoms with Crippen molar-refractivity contribution in [3.8, 4) is 17.6 Å². The van der Waals surface area contributed by atoms with Gasteiger partial charge in [-0.2, -0.15) is 5.26 Å². The van der Waals surface area contributed by atoms with Crippen LogP contribution in [-0.2, 0) is 10.5 Å². The summed E-state index contributed by atoms with van der Waals surface area (Å²) in [5.41, 5.74) is 2.10. The molecule has 0 saturated carbocycles. The molecule has 1 atom stereocenters. The van der Waals surface area contributed by atoms with Crippen molar-refractivity contribution >= 4 is 45.2 Å². The van der Waals surface area contributed by atoms with E-state index in [4.69, 9.17) is 16.3 Å². The fourth-order valence-corrected chi connectivity index (χ4v) is 4.76. The number of carbonyl (C=O) groups is 1. The van der Waals surface area contributed by atoms with E-state index in [1.807, 2.05) is 18.2 Å². The number of allylic oxidation sites excluding steroid dienone is 1. The molecule has 8 heteroatoms. The van der Waals surface area contributed by atoms with Crippen LogP contribution in [0.1, 0.15) is 23.5 Å². The summed E-state index contributed by atoms with van der Waals surface area (Å²) in [5.74, 6) is 0.169. The maximum absolute atomic E-state index is 12.3. The number of aromatic hydroxyl groups is 1. The predicted molar refractivity (Wildman–Crippen MR) is 113 cm³/mol. The molecule has 1 aliphatic heterocycles. The Morgan fingerprint density at radius 3 is 2.86 bits per heavy atom. The topological polar surface area (TPSA) is 82.3 Å². The van der Waals surface area contributed by atoms with Crippen molar-refractivity contribution in [1.82, 2.24) is 5.32 Å². The summed E-state index contributed by atoms with van der Waals surface area (Å²) in [5, 5.41) is 23.8. The Bertz CT molecular complexity index is 1000. The van der Waals surface area contributed by atoms with Gasteiger partial charge < -0.3 is 15.2 Å². The van der Waals surface area contributed by atoms with Crippen LogP contribution in [0.2, 0.25) is 5.02 Å². The van der Waals surface area contributed by atoms with Crippen molar-refractivity contribution in [2.75, 3.05) is 7.11 Å². The molecule has 2 N–H and O–H groups in total. The predicted octanol–water partition coefficient (Wildman–Crippen LogP) is 5.09. The molecule has 0 fully saturated rings. The second-order valence-electron chi connectivity index (χ2n) is 6.09. The molecule has 2 aromatic carbocycles. The second-order valence-corrected chi connectivity index (χ2v) is 8.34. The largest absolute Gasteiger partial charge is 0.503 e. The zero-order chi connectivity index (χ0) is 20.3. The van der Waals surface area contributed by atoms with Crippen LogP contribution in [0.3, 0.4) is 0 Å². The lowest BCUT2D eigenvalue weighted by Crippen LogP contribution is -2.30. The van der Waals surface area contributed by atoms with Gasteiger partial charge in [0.2, 0.25) is 5.91 Å². The van der Waals surface area contributed by atoms with Gasteiger partial charge in [0.1, 0.15) is 0 Å². The van der Waals surface area contributed by atoms with Crippen molar-refractivity contribution in [3.63, 3.8) is 0 Å². The second kappa shape index (κ2) is 8.91. The monoisotopic (exact) mass is 478 g/mol. The van der Waals surface area contributed by atoms with E-state index in [1.54, 1.807) is 18.2 Å². The highest BCUT2D eigenvalue weighted by molar-refractivity contribution is 9.10. The number of nitrogens with one attached hydrogen (secondary N) is 1. The smallest absolute Gasteiger partial charge is 0.225 e. The summed E-state index contributed by atoms with van der Waals surface area (Å²) < 4.78 is 5.64. The van der Waals surface area contributed by atoms with Crippen LogP contribution in [0, 0.1) is 11.3 Å². The molecule has 1 aliphatic rings. The number of rotatable bonds is 5. The van der Waals surface area contributed by atoms with Crippen LogP contribution in [0.15, 0.2) is 51.5 Å². The normalized spacial score (nSPS) is 16.5. The van der Waals surface area contributed by atoms with Crippen molar-refractivity contribution in [2.24, 2.45) is 0 Å². The molecule has 1 heterocycles. The summed E-state index contributed by atoms with van der Waals surface area (Å²) in [6.45, 7) is 0. The summed E-state index contributed by atoms with van der Waals surface area (Å²) in [6, 6.07) is 13.0. The van der Waals surface area contributed by atoms with Gasteiger partial charge in [0.05, 0.1) is 28.3 Å². The third-order valence-electron chi connectivity index (χ3n) is 4.36. The number of hydrogen-bond donors (Lipinski definition) is 2. The zero-order valence-electron chi connectivity index (χ0n) is 14.8. The van der Waals surface area contributed by atoms with Gasteiger partial charge in [-0.05, 0) is 45.3 Å². The highest BCUT2D eigenvalue weighted by Gasteiger charge is 2.30. The fraction of sp³-hybridized carbons (Fsp3) is 0.200. The Kier molecular flexibility index (Phi) is 6.55. The first kappa shape index (κ1) is 20.6. The molecule has 144 valence electrons. The van der Waals surface area contributed by atoms with Gasteiger partial charge in [-0.3, -0.25) is 4.79 Å². The van der Waals surface area contributed by atoms with Crippen LogP contribution in [0.25, 0.3) is 0 Å². The van der Waals surface area contributed by atoms with Gasteiger partial charge in [0, 0.05) is 23.1 Å². The van der Waals surface area contributed by atoms with Crippen molar-refractivity contribution < 1.29 is 14.6 Å². The van der Waals surface area contributed by atoms with E-state index in [-0.39, 0.29) is 23.8 Å². The molecule has 0 aliphatic carbocycles. The van der Waals surface area contributed by atoms with Crippen LogP contribution < -0.4 is 10.1 Å². The molecule has 3 rings (SSSR count). The molecular weight excluding hydrogens is 464 g/mol. The number of halogens is 2. The van der Waals surface area contributed by atoms with Gasteiger partial charge >= 0.3 is 0 Å². The summed E-state index contributed by atoms with van der Waals surface area (Å²) in [4.78, 5) is 12.3. The van der Waals surface area contributed by atoms with Gasteiger partial charge in [-0.25, -0.2) is 0 Å². The van der Waals surface area contributed by atoms with Crippen molar-refractivity contribution in [1.29, 1.82) is 5.26 Å². The highest BCUT2D eigenvalue weighted by atomic mass is 79.9. The molecular formula is C20H16BrClN2O3S. The Labute approximate surface area is 180 Å². The number of nitriles is 1. The summed E-state index contributed by atoms with van der Waals surface area (Å²) >= 11 is 10.9. The number of methoxy groups -OCH3 is 1. The lowest BCUT2D eigenvalue weighted by Gasteiger charge is -2.25. The number of carbonyl (C=O) groups excluding carboxylic acids is 1. The van der Waals surface area contributed by atoms with E-state index < -0.39 is 5.92 Å². The highest BCUT2D eigenvalue weighted by Crippen LogP contribution is 2.42. The van der Waals surface area contributed by atoms with Crippen LogP contribution in [0.4, 0.5) is 0 Å². The Morgan fingerprint density at radius 1 is 1.43 bits per heavy atom. The number of ether oxygens (including phenoxy) is 1. The van der Waals surface area contributed by atoms with Crippen molar-refractivity contribution in [2.45, 2.75) is 18.1 Å². The Balaban J connectivity index is 1.97. The number of benzene rings is 2. The van der Waals surface area contributed by atoms with E-state index in [1.165, 1.54) is 18.9 Å². The summed E-state index contributed by atoms with van der Waals surface area (Å²) in [7, 11) is 1.45. The van der Waals surface area contributed by atoms with Crippen LogP contribution in [-0.4, -0.2) is 18.1 Å². The molecule has 0 spiro atoms. The van der Waals surface area contributed by atoms with Gasteiger partial charge in [-0.1, -0.05) is 29.8 Å². The number of thioether (sulfide) groups is 1. The van der Waals surface area contributed by atoms with Gasteiger partial charge in [0.25, 0.3) is 0 Å². The molecule has 0 aromatic heterocycles. The summed E-state index contributed by atoms with van der Waals surface area (Å²) in [6.07, 6.45) is 0.138. The minimum absolute atomic E-state index is 0.0256. The molecule has 0 radical (unpaired) electrons. The quantitative estimate of drug-likeness (QED) is 0.624. The number of phenolic OH excluding ortho intramolecular Hbond substituents is 1. The van der Waals surface area contributed by atoms with Crippen molar-refractivity contribution in [3.05, 3.63) is 67.6 Å². The first-order valence-corrected chi connectivity index (χ1v) is 10.5.